The number of aromatic nitrogens is 3. The summed E-state index contributed by atoms with van der Waals surface area (Å²) < 4.78 is 0. The molecule has 1 heterocycles. The molecule has 0 saturated heterocycles. The molecule has 1 aromatic heterocycles. The van der Waals surface area contributed by atoms with Gasteiger partial charge in [-0.25, -0.2) is 9.98 Å². The Hall–Kier alpha value is -2.42. The number of rotatable bonds is 7. The summed E-state index contributed by atoms with van der Waals surface area (Å²) in [6, 6.07) is 16.9. The molecule has 0 amide bonds. The van der Waals surface area contributed by atoms with E-state index in [4.69, 9.17) is 4.99 Å². The van der Waals surface area contributed by atoms with Gasteiger partial charge >= 0.3 is 0 Å². The van der Waals surface area contributed by atoms with Gasteiger partial charge in [0.25, 0.3) is 0 Å². The molecule has 154 valence electrons. The van der Waals surface area contributed by atoms with E-state index >= 15 is 0 Å². The average molecular weight is 504 g/mol. The molecule has 0 aliphatic rings. The van der Waals surface area contributed by atoms with E-state index in [2.05, 4.69) is 83.0 Å². The zero-order valence-electron chi connectivity index (χ0n) is 17.1. The van der Waals surface area contributed by atoms with Crippen LogP contribution in [-0.4, -0.2) is 34.2 Å². The lowest BCUT2D eigenvalue weighted by Gasteiger charge is -2.16. The average Bonchev–Trinajstić information content (AvgIpc) is 3.25. The molecule has 0 aliphatic heterocycles. The van der Waals surface area contributed by atoms with Crippen LogP contribution in [0.4, 0.5) is 0 Å². The maximum absolute atomic E-state index is 4.73. The Balaban J connectivity index is 0.00000300. The van der Waals surface area contributed by atoms with Crippen LogP contribution < -0.4 is 10.6 Å². The number of halogens is 1. The molecule has 0 spiro atoms. The molecular weight excluding hydrogens is 475 g/mol. The number of aliphatic imine (C=N–C) groups is 1. The minimum absolute atomic E-state index is 0. The van der Waals surface area contributed by atoms with Crippen molar-refractivity contribution in [2.75, 3.05) is 13.1 Å². The van der Waals surface area contributed by atoms with Crippen LogP contribution in [0.25, 0.3) is 11.4 Å². The van der Waals surface area contributed by atoms with E-state index < -0.39 is 0 Å². The van der Waals surface area contributed by atoms with Crippen LogP contribution in [0.2, 0.25) is 0 Å². The van der Waals surface area contributed by atoms with Crippen LogP contribution in [0.1, 0.15) is 36.5 Å². The smallest absolute Gasteiger partial charge is 0.191 e. The molecule has 0 bridgehead atoms. The SMILES string of the molecule is CCNC(=NCc1cccc(-c2ncn[nH]2)c1)NCC(C)c1ccc(C)cc1.I. The molecule has 1 unspecified atom stereocenters. The Morgan fingerprint density at radius 1 is 1.14 bits per heavy atom. The summed E-state index contributed by atoms with van der Waals surface area (Å²) in [6.45, 7) is 8.65. The molecule has 0 radical (unpaired) electrons. The Bertz CT molecular complexity index is 890. The lowest BCUT2D eigenvalue weighted by Crippen LogP contribution is -2.39. The maximum atomic E-state index is 4.73. The normalized spacial score (nSPS) is 12.2. The first kappa shape index (κ1) is 22.9. The van der Waals surface area contributed by atoms with Crippen LogP contribution in [-0.2, 0) is 6.54 Å². The highest BCUT2D eigenvalue weighted by Gasteiger charge is 2.07. The van der Waals surface area contributed by atoms with Crippen molar-refractivity contribution >= 4 is 29.9 Å². The molecule has 0 aliphatic carbocycles. The molecule has 0 fully saturated rings. The topological polar surface area (TPSA) is 78.0 Å². The zero-order valence-corrected chi connectivity index (χ0v) is 19.5. The molecule has 7 heteroatoms. The number of hydrogen-bond donors (Lipinski definition) is 3. The van der Waals surface area contributed by atoms with Gasteiger partial charge in [-0.15, -0.1) is 24.0 Å². The standard InChI is InChI=1S/C22H28N6.HI/c1-4-23-22(24-13-17(3)19-10-8-16(2)9-11-19)25-14-18-6-5-7-20(12-18)21-26-15-27-28-21;/h5-12,15,17H,4,13-14H2,1-3H3,(H2,23,24,25)(H,26,27,28);1H. The van der Waals surface area contributed by atoms with Crippen molar-refractivity contribution in [2.45, 2.75) is 33.2 Å². The molecule has 3 rings (SSSR count). The van der Waals surface area contributed by atoms with E-state index in [1.165, 1.54) is 17.5 Å². The monoisotopic (exact) mass is 504 g/mol. The molecule has 6 nitrogen and oxygen atoms in total. The van der Waals surface area contributed by atoms with Crippen LogP contribution >= 0.6 is 24.0 Å². The molecule has 3 aromatic rings. The van der Waals surface area contributed by atoms with E-state index in [1.807, 2.05) is 12.1 Å². The summed E-state index contributed by atoms with van der Waals surface area (Å²) in [4.78, 5) is 8.94. The van der Waals surface area contributed by atoms with Gasteiger partial charge < -0.3 is 10.6 Å². The third-order valence-corrected chi connectivity index (χ3v) is 4.60. The first-order chi connectivity index (χ1) is 13.7. The van der Waals surface area contributed by atoms with Crippen molar-refractivity contribution in [3.8, 4) is 11.4 Å². The number of nitrogens with zero attached hydrogens (tertiary/aromatic N) is 3. The van der Waals surface area contributed by atoms with E-state index in [0.29, 0.717) is 12.5 Å². The van der Waals surface area contributed by atoms with Gasteiger partial charge in [-0.2, -0.15) is 5.10 Å². The predicted octanol–water partition coefficient (Wildman–Crippen LogP) is 4.26. The number of aromatic amines is 1. The Kier molecular flexibility index (Phi) is 9.11. The fourth-order valence-corrected chi connectivity index (χ4v) is 2.94. The van der Waals surface area contributed by atoms with E-state index in [9.17, 15) is 0 Å². The lowest BCUT2D eigenvalue weighted by atomic mass is 10.0. The predicted molar refractivity (Wildman–Crippen MR) is 130 cm³/mol. The summed E-state index contributed by atoms with van der Waals surface area (Å²) in [5, 5.41) is 13.6. The highest BCUT2D eigenvalue weighted by atomic mass is 127. The quantitative estimate of drug-likeness (QED) is 0.255. The highest BCUT2D eigenvalue weighted by Crippen LogP contribution is 2.16. The first-order valence-corrected chi connectivity index (χ1v) is 9.69. The second kappa shape index (κ2) is 11.5. The zero-order chi connectivity index (χ0) is 19.8. The van der Waals surface area contributed by atoms with Gasteiger partial charge in [0.2, 0.25) is 0 Å². The second-order valence-corrected chi connectivity index (χ2v) is 6.92. The van der Waals surface area contributed by atoms with Gasteiger partial charge in [-0.1, -0.05) is 55.0 Å². The minimum Gasteiger partial charge on any atom is -0.357 e. The van der Waals surface area contributed by atoms with Crippen LogP contribution in [0.3, 0.4) is 0 Å². The minimum atomic E-state index is 0. The van der Waals surface area contributed by atoms with Gasteiger partial charge in [-0.05, 0) is 37.0 Å². The molecule has 3 N–H and O–H groups in total. The maximum Gasteiger partial charge on any atom is 0.191 e. The molecule has 2 aromatic carbocycles. The number of H-pyrrole nitrogens is 1. The van der Waals surface area contributed by atoms with E-state index in [0.717, 1.165) is 36.0 Å². The summed E-state index contributed by atoms with van der Waals surface area (Å²) >= 11 is 0. The van der Waals surface area contributed by atoms with Gasteiger partial charge in [0, 0.05) is 18.7 Å². The Morgan fingerprint density at radius 2 is 1.93 bits per heavy atom. The number of aryl methyl sites for hydroxylation is 1. The molecule has 0 saturated carbocycles. The third kappa shape index (κ3) is 6.85. The van der Waals surface area contributed by atoms with Crippen molar-refractivity contribution in [1.82, 2.24) is 25.8 Å². The first-order valence-electron chi connectivity index (χ1n) is 9.69. The fraction of sp³-hybridized carbons (Fsp3) is 0.318. The van der Waals surface area contributed by atoms with E-state index in [1.54, 1.807) is 0 Å². The number of hydrogen-bond acceptors (Lipinski definition) is 3. The Morgan fingerprint density at radius 3 is 2.62 bits per heavy atom. The van der Waals surface area contributed by atoms with Crippen LogP contribution in [0.15, 0.2) is 59.9 Å². The second-order valence-electron chi connectivity index (χ2n) is 6.92. The van der Waals surface area contributed by atoms with Gasteiger partial charge in [0.15, 0.2) is 11.8 Å². The highest BCUT2D eigenvalue weighted by molar-refractivity contribution is 14.0. The van der Waals surface area contributed by atoms with Crippen LogP contribution in [0.5, 0.6) is 0 Å². The van der Waals surface area contributed by atoms with Crippen molar-refractivity contribution in [1.29, 1.82) is 0 Å². The number of nitrogens with one attached hydrogen (secondary N) is 3. The summed E-state index contributed by atoms with van der Waals surface area (Å²) in [5.74, 6) is 1.99. The fourth-order valence-electron chi connectivity index (χ4n) is 2.94. The third-order valence-electron chi connectivity index (χ3n) is 4.60. The summed E-state index contributed by atoms with van der Waals surface area (Å²) in [6.07, 6.45) is 1.52. The number of guanidine groups is 1. The Labute approximate surface area is 189 Å². The van der Waals surface area contributed by atoms with Crippen molar-refractivity contribution < 1.29 is 0 Å². The van der Waals surface area contributed by atoms with Gasteiger partial charge in [0.05, 0.1) is 6.54 Å². The molecule has 1 atom stereocenters. The van der Waals surface area contributed by atoms with Crippen molar-refractivity contribution in [3.63, 3.8) is 0 Å². The van der Waals surface area contributed by atoms with Crippen LogP contribution in [0, 0.1) is 6.92 Å². The van der Waals surface area contributed by atoms with Gasteiger partial charge in [0.1, 0.15) is 6.33 Å². The largest absolute Gasteiger partial charge is 0.357 e. The van der Waals surface area contributed by atoms with Crippen molar-refractivity contribution in [3.05, 3.63) is 71.5 Å². The number of benzene rings is 2. The van der Waals surface area contributed by atoms with Crippen molar-refractivity contribution in [2.24, 2.45) is 4.99 Å². The molecular formula is C22H29IN6. The molecule has 29 heavy (non-hydrogen) atoms. The van der Waals surface area contributed by atoms with Gasteiger partial charge in [-0.3, -0.25) is 5.10 Å². The lowest BCUT2D eigenvalue weighted by molar-refractivity contribution is 0.699. The van der Waals surface area contributed by atoms with E-state index in [-0.39, 0.29) is 24.0 Å². The summed E-state index contributed by atoms with van der Waals surface area (Å²) in [5.41, 5.74) is 4.74. The summed E-state index contributed by atoms with van der Waals surface area (Å²) in [7, 11) is 0.